The second-order valence-electron chi connectivity index (χ2n) is 4.30. The maximum atomic E-state index is 11.6. The van der Waals surface area contributed by atoms with Gasteiger partial charge < -0.3 is 20.3 Å². The van der Waals surface area contributed by atoms with E-state index in [0.717, 1.165) is 11.3 Å². The Kier molecular flexibility index (Phi) is 4.03. The predicted molar refractivity (Wildman–Crippen MR) is 68.7 cm³/mol. The molecule has 1 unspecified atom stereocenters. The van der Waals surface area contributed by atoms with Crippen molar-refractivity contribution in [3.63, 3.8) is 0 Å². The molecule has 7 nitrogen and oxygen atoms in total. The highest BCUT2D eigenvalue weighted by Crippen LogP contribution is 2.23. The summed E-state index contributed by atoms with van der Waals surface area (Å²) in [7, 11) is 0. The van der Waals surface area contributed by atoms with Crippen molar-refractivity contribution in [1.29, 1.82) is 0 Å². The lowest BCUT2D eigenvalue weighted by molar-refractivity contribution is 0.0295. The molecule has 0 bridgehead atoms. The van der Waals surface area contributed by atoms with Crippen LogP contribution in [0, 0.1) is 0 Å². The summed E-state index contributed by atoms with van der Waals surface area (Å²) < 4.78 is 5.05. The molecule has 1 aromatic heterocycles. The van der Waals surface area contributed by atoms with Crippen LogP contribution in [0.1, 0.15) is 16.8 Å². The third kappa shape index (κ3) is 3.43. The molecule has 1 aliphatic heterocycles. The van der Waals surface area contributed by atoms with Crippen LogP contribution in [0.2, 0.25) is 0 Å². The lowest BCUT2D eigenvalue weighted by atomic mass is 10.0. The molecule has 1 aliphatic rings. The highest BCUT2D eigenvalue weighted by atomic mass is 32.1. The van der Waals surface area contributed by atoms with Crippen molar-refractivity contribution in [1.82, 2.24) is 5.32 Å². The number of hydrogen-bond donors (Lipinski definition) is 4. The largest absolute Gasteiger partial charge is 0.478 e. The van der Waals surface area contributed by atoms with Crippen LogP contribution in [-0.2, 0) is 4.74 Å². The zero-order valence-corrected chi connectivity index (χ0v) is 10.8. The van der Waals surface area contributed by atoms with Crippen molar-refractivity contribution >= 4 is 28.3 Å². The quantitative estimate of drug-likeness (QED) is 0.652. The molecule has 4 N–H and O–H groups in total. The fourth-order valence-electron chi connectivity index (χ4n) is 1.70. The lowest BCUT2D eigenvalue weighted by Gasteiger charge is -2.20. The third-order valence-electron chi connectivity index (χ3n) is 2.78. The van der Waals surface area contributed by atoms with Crippen molar-refractivity contribution in [2.24, 2.45) is 0 Å². The number of rotatable bonds is 4. The number of aliphatic hydroxyl groups is 1. The predicted octanol–water partition coefficient (Wildman–Crippen LogP) is 0.719. The minimum Gasteiger partial charge on any atom is -0.478 e. The summed E-state index contributed by atoms with van der Waals surface area (Å²) >= 11 is 1.12. The summed E-state index contributed by atoms with van der Waals surface area (Å²) in [5.74, 6) is -1.10. The molecule has 1 aromatic rings. The van der Waals surface area contributed by atoms with Crippen molar-refractivity contribution in [2.75, 3.05) is 25.1 Å². The van der Waals surface area contributed by atoms with E-state index in [0.29, 0.717) is 13.0 Å². The molecule has 2 amide bonds. The van der Waals surface area contributed by atoms with Crippen LogP contribution in [0.5, 0.6) is 0 Å². The van der Waals surface area contributed by atoms with E-state index in [-0.39, 0.29) is 23.7 Å². The molecule has 0 aromatic carbocycles. The summed E-state index contributed by atoms with van der Waals surface area (Å²) in [6, 6.07) is 0.867. The lowest BCUT2D eigenvalue weighted by Crippen LogP contribution is -2.44. The Bertz CT molecular complexity index is 481. The number of hydrogen-bond acceptors (Lipinski definition) is 5. The minimum absolute atomic E-state index is 0.0445. The van der Waals surface area contributed by atoms with Crippen molar-refractivity contribution < 1.29 is 24.5 Å². The number of urea groups is 1. The number of anilines is 1. The Balaban J connectivity index is 1.87. The number of carboxylic acid groups (broad SMARTS) is 1. The summed E-state index contributed by atoms with van der Waals surface area (Å²) in [5.41, 5.74) is -0.995. The number of carboxylic acids is 1. The number of carbonyl (C=O) groups is 2. The molecule has 2 rings (SSSR count). The second-order valence-corrected chi connectivity index (χ2v) is 5.22. The highest BCUT2D eigenvalue weighted by molar-refractivity contribution is 7.14. The van der Waals surface area contributed by atoms with Crippen molar-refractivity contribution in [3.8, 4) is 0 Å². The van der Waals surface area contributed by atoms with Crippen LogP contribution in [0.15, 0.2) is 11.4 Å². The van der Waals surface area contributed by atoms with Gasteiger partial charge in [-0.3, -0.25) is 5.32 Å². The Labute approximate surface area is 113 Å². The number of thiophene rings is 1. The van der Waals surface area contributed by atoms with Crippen LogP contribution in [0.25, 0.3) is 0 Å². The zero-order chi connectivity index (χ0) is 13.9. The van der Waals surface area contributed by atoms with Gasteiger partial charge in [-0.25, -0.2) is 9.59 Å². The van der Waals surface area contributed by atoms with E-state index < -0.39 is 17.6 Å². The molecule has 1 fully saturated rings. The second kappa shape index (κ2) is 5.55. The smallest absolute Gasteiger partial charge is 0.338 e. The summed E-state index contributed by atoms with van der Waals surface area (Å²) in [6.07, 6.45) is 0.465. The average Bonchev–Trinajstić information content (AvgIpc) is 2.96. The fourth-order valence-corrected chi connectivity index (χ4v) is 2.48. The van der Waals surface area contributed by atoms with Gasteiger partial charge in [0.2, 0.25) is 0 Å². The van der Waals surface area contributed by atoms with Gasteiger partial charge >= 0.3 is 12.0 Å². The molecule has 1 atom stereocenters. The van der Waals surface area contributed by atoms with Gasteiger partial charge in [-0.1, -0.05) is 0 Å². The van der Waals surface area contributed by atoms with E-state index in [4.69, 9.17) is 9.84 Å². The van der Waals surface area contributed by atoms with Gasteiger partial charge in [-0.2, -0.15) is 0 Å². The van der Waals surface area contributed by atoms with Gasteiger partial charge in [-0.05, 0) is 11.4 Å². The number of amides is 2. The molecule has 0 spiro atoms. The first-order chi connectivity index (χ1) is 9.00. The molecule has 19 heavy (non-hydrogen) atoms. The SMILES string of the molecule is O=C(NCC1(O)CCOC1)Nc1sccc1C(=O)O. The van der Waals surface area contributed by atoms with Crippen LogP contribution in [0.3, 0.4) is 0 Å². The molecule has 0 aliphatic carbocycles. The molecular formula is C11H14N2O5S. The summed E-state index contributed by atoms with van der Waals surface area (Å²) in [6.45, 7) is 0.715. The van der Waals surface area contributed by atoms with Crippen molar-refractivity contribution in [2.45, 2.75) is 12.0 Å². The zero-order valence-electron chi connectivity index (χ0n) is 10.0. The van der Waals surface area contributed by atoms with Crippen LogP contribution >= 0.6 is 11.3 Å². The Morgan fingerprint density at radius 3 is 2.95 bits per heavy atom. The van der Waals surface area contributed by atoms with Crippen LogP contribution < -0.4 is 10.6 Å². The highest BCUT2D eigenvalue weighted by Gasteiger charge is 2.32. The summed E-state index contributed by atoms with van der Waals surface area (Å²) in [4.78, 5) is 22.5. The van der Waals surface area contributed by atoms with Crippen LogP contribution in [0.4, 0.5) is 9.80 Å². The monoisotopic (exact) mass is 286 g/mol. The van der Waals surface area contributed by atoms with Crippen molar-refractivity contribution in [3.05, 3.63) is 17.0 Å². The molecule has 2 heterocycles. The van der Waals surface area contributed by atoms with E-state index in [1.165, 1.54) is 6.07 Å². The van der Waals surface area contributed by atoms with E-state index >= 15 is 0 Å². The number of aromatic carboxylic acids is 1. The maximum Gasteiger partial charge on any atom is 0.338 e. The standard InChI is InChI=1S/C11H14N2O5S/c14-9(15)7-1-4-19-8(7)13-10(16)12-5-11(17)2-3-18-6-11/h1,4,17H,2-3,5-6H2,(H,14,15)(H2,12,13,16). The van der Waals surface area contributed by atoms with Gasteiger partial charge in [0, 0.05) is 13.0 Å². The first-order valence-corrected chi connectivity index (χ1v) is 6.54. The van der Waals surface area contributed by atoms with E-state index in [9.17, 15) is 14.7 Å². The molecule has 8 heteroatoms. The van der Waals surface area contributed by atoms with E-state index in [1.807, 2.05) is 0 Å². The van der Waals surface area contributed by atoms with Gasteiger partial charge in [0.1, 0.15) is 10.6 Å². The third-order valence-corrected chi connectivity index (χ3v) is 3.61. The van der Waals surface area contributed by atoms with Gasteiger partial charge in [0.15, 0.2) is 0 Å². The number of ether oxygens (including phenoxy) is 1. The number of carbonyl (C=O) groups excluding carboxylic acids is 1. The van der Waals surface area contributed by atoms with Gasteiger partial charge in [0.05, 0.1) is 18.7 Å². The fraction of sp³-hybridized carbons (Fsp3) is 0.455. The summed E-state index contributed by atoms with van der Waals surface area (Å²) in [5, 5.41) is 25.6. The Morgan fingerprint density at radius 1 is 1.53 bits per heavy atom. The maximum absolute atomic E-state index is 11.6. The van der Waals surface area contributed by atoms with E-state index in [2.05, 4.69) is 10.6 Å². The first-order valence-electron chi connectivity index (χ1n) is 5.66. The Morgan fingerprint density at radius 2 is 2.32 bits per heavy atom. The molecule has 1 saturated heterocycles. The van der Waals surface area contributed by atoms with Crippen LogP contribution in [-0.4, -0.2) is 47.6 Å². The molecule has 0 saturated carbocycles. The molecule has 0 radical (unpaired) electrons. The molecular weight excluding hydrogens is 272 g/mol. The average molecular weight is 286 g/mol. The van der Waals surface area contributed by atoms with Gasteiger partial charge in [0.25, 0.3) is 0 Å². The minimum atomic E-state index is -1.10. The normalized spacial score (nSPS) is 22.2. The first kappa shape index (κ1) is 13.8. The van der Waals surface area contributed by atoms with Gasteiger partial charge in [-0.15, -0.1) is 11.3 Å². The number of nitrogens with one attached hydrogen (secondary N) is 2. The molecule has 104 valence electrons. The topological polar surface area (TPSA) is 108 Å². The Hall–Kier alpha value is -1.64. The van der Waals surface area contributed by atoms with E-state index in [1.54, 1.807) is 5.38 Å².